The first kappa shape index (κ1) is 19.5. The van der Waals surface area contributed by atoms with Crippen LogP contribution >= 0.6 is 0 Å². The molecule has 1 unspecified atom stereocenters. The van der Waals surface area contributed by atoms with Gasteiger partial charge in [-0.3, -0.25) is 4.48 Å². The summed E-state index contributed by atoms with van der Waals surface area (Å²) in [6, 6.07) is 20.4. The van der Waals surface area contributed by atoms with Crippen LogP contribution in [0, 0.1) is 0 Å². The van der Waals surface area contributed by atoms with E-state index in [-0.39, 0.29) is 18.6 Å². The van der Waals surface area contributed by atoms with Gasteiger partial charge in [0.2, 0.25) is 0 Å². The minimum Gasteiger partial charge on any atom is -1.00 e. The highest BCUT2D eigenvalue weighted by atomic mass is 35.5. The number of hydrogen-bond donors (Lipinski definition) is 0. The van der Waals surface area contributed by atoms with Crippen LogP contribution in [0.5, 0.6) is 5.75 Å². The molecule has 2 aromatic rings. The van der Waals surface area contributed by atoms with Crippen molar-refractivity contribution >= 4 is 0 Å². The van der Waals surface area contributed by atoms with Crippen molar-refractivity contribution in [1.82, 2.24) is 0 Å². The van der Waals surface area contributed by atoms with E-state index in [1.165, 1.54) is 5.56 Å². The van der Waals surface area contributed by atoms with Crippen LogP contribution in [0.15, 0.2) is 60.7 Å². The normalized spacial score (nSPS) is 12.3. The van der Waals surface area contributed by atoms with Gasteiger partial charge in [0.15, 0.2) is 6.23 Å². The van der Waals surface area contributed by atoms with Gasteiger partial charge in [0.1, 0.15) is 18.9 Å². The van der Waals surface area contributed by atoms with Gasteiger partial charge in [-0.05, 0) is 12.1 Å². The van der Waals surface area contributed by atoms with E-state index in [4.69, 9.17) is 9.47 Å². The van der Waals surface area contributed by atoms with Gasteiger partial charge in [-0.2, -0.15) is 0 Å². The van der Waals surface area contributed by atoms with Gasteiger partial charge in [0.25, 0.3) is 0 Å². The van der Waals surface area contributed by atoms with E-state index in [0.717, 1.165) is 16.8 Å². The van der Waals surface area contributed by atoms with Gasteiger partial charge in [0, 0.05) is 12.5 Å². The smallest absolute Gasteiger partial charge is 0.190 e. The zero-order valence-corrected chi connectivity index (χ0v) is 14.9. The highest BCUT2D eigenvalue weighted by molar-refractivity contribution is 5.20. The Bertz CT molecular complexity index is 546. The maximum Gasteiger partial charge on any atom is 0.190 e. The molecule has 23 heavy (non-hydrogen) atoms. The minimum atomic E-state index is 0. The van der Waals surface area contributed by atoms with E-state index in [0.29, 0.717) is 13.2 Å². The van der Waals surface area contributed by atoms with E-state index in [9.17, 15) is 0 Å². The second-order valence-electron chi connectivity index (χ2n) is 6.05. The molecule has 126 valence electrons. The molecule has 0 aromatic heterocycles. The van der Waals surface area contributed by atoms with E-state index >= 15 is 0 Å². The van der Waals surface area contributed by atoms with E-state index in [2.05, 4.69) is 45.3 Å². The van der Waals surface area contributed by atoms with Gasteiger partial charge in [0.05, 0.1) is 20.7 Å². The molecule has 0 fully saturated rings. The lowest BCUT2D eigenvalue weighted by Crippen LogP contribution is -3.00. The van der Waals surface area contributed by atoms with Gasteiger partial charge in [-0.1, -0.05) is 48.5 Å². The van der Waals surface area contributed by atoms with Gasteiger partial charge < -0.3 is 21.9 Å². The Labute approximate surface area is 145 Å². The van der Waals surface area contributed by atoms with E-state index in [1.807, 2.05) is 36.4 Å². The Morgan fingerprint density at radius 1 is 0.870 bits per heavy atom. The summed E-state index contributed by atoms with van der Waals surface area (Å²) in [5, 5.41) is 0. The average molecular weight is 336 g/mol. The van der Waals surface area contributed by atoms with Crippen LogP contribution in [-0.4, -0.2) is 38.0 Å². The van der Waals surface area contributed by atoms with Crippen molar-refractivity contribution in [3.8, 4) is 5.75 Å². The van der Waals surface area contributed by atoms with Crippen molar-refractivity contribution in [2.75, 3.05) is 27.3 Å². The molecule has 0 radical (unpaired) electrons. The number of rotatable bonds is 8. The Morgan fingerprint density at radius 3 is 2.04 bits per heavy atom. The van der Waals surface area contributed by atoms with Crippen molar-refractivity contribution in [2.45, 2.75) is 19.7 Å². The highest BCUT2D eigenvalue weighted by Crippen LogP contribution is 2.15. The lowest BCUT2D eigenvalue weighted by atomic mass is 10.2. The lowest BCUT2D eigenvalue weighted by Gasteiger charge is -2.35. The van der Waals surface area contributed by atoms with Crippen LogP contribution in [0.1, 0.15) is 12.5 Å². The summed E-state index contributed by atoms with van der Waals surface area (Å²) in [6.45, 7) is 4.22. The topological polar surface area (TPSA) is 18.5 Å². The monoisotopic (exact) mass is 335 g/mol. The molecule has 0 saturated carbocycles. The first-order valence-corrected chi connectivity index (χ1v) is 7.74. The van der Waals surface area contributed by atoms with Crippen molar-refractivity contribution in [3.63, 3.8) is 0 Å². The lowest BCUT2D eigenvalue weighted by molar-refractivity contribution is -0.947. The van der Waals surface area contributed by atoms with Crippen LogP contribution in [-0.2, 0) is 11.3 Å². The molecule has 2 aromatic carbocycles. The number of halogens is 1. The molecular weight excluding hydrogens is 310 g/mol. The number of ether oxygens (including phenoxy) is 2. The summed E-state index contributed by atoms with van der Waals surface area (Å²) in [6.07, 6.45) is 0.111. The summed E-state index contributed by atoms with van der Waals surface area (Å²) in [5.41, 5.74) is 1.32. The third kappa shape index (κ3) is 6.61. The maximum absolute atomic E-state index is 5.95. The zero-order valence-electron chi connectivity index (χ0n) is 14.1. The Kier molecular flexibility index (Phi) is 8.10. The van der Waals surface area contributed by atoms with Crippen LogP contribution in [0.4, 0.5) is 0 Å². The first-order valence-electron chi connectivity index (χ1n) is 7.74. The van der Waals surface area contributed by atoms with Crippen LogP contribution in [0.25, 0.3) is 0 Å². The van der Waals surface area contributed by atoms with Gasteiger partial charge in [-0.15, -0.1) is 0 Å². The van der Waals surface area contributed by atoms with Crippen LogP contribution in [0.2, 0.25) is 0 Å². The fraction of sp³-hybridized carbons (Fsp3) is 0.368. The third-order valence-corrected chi connectivity index (χ3v) is 3.87. The maximum atomic E-state index is 5.95. The summed E-state index contributed by atoms with van der Waals surface area (Å²) in [5.74, 6) is 0.886. The first-order chi connectivity index (χ1) is 10.6. The molecule has 0 saturated heterocycles. The molecule has 0 aliphatic heterocycles. The summed E-state index contributed by atoms with van der Waals surface area (Å²) in [7, 11) is 4.38. The molecule has 0 N–H and O–H groups in total. The Hall–Kier alpha value is -1.55. The highest BCUT2D eigenvalue weighted by Gasteiger charge is 2.24. The Morgan fingerprint density at radius 2 is 1.43 bits per heavy atom. The van der Waals surface area contributed by atoms with Crippen LogP contribution < -0.4 is 17.1 Å². The quantitative estimate of drug-likeness (QED) is 0.402. The third-order valence-electron chi connectivity index (χ3n) is 3.87. The Balaban J connectivity index is 0.00000264. The molecular formula is C19H26ClNO2. The molecule has 0 amide bonds. The predicted molar refractivity (Wildman–Crippen MR) is 89.6 cm³/mol. The summed E-state index contributed by atoms with van der Waals surface area (Å²) < 4.78 is 12.4. The van der Waals surface area contributed by atoms with E-state index < -0.39 is 0 Å². The predicted octanol–water partition coefficient (Wildman–Crippen LogP) is 0.709. The fourth-order valence-electron chi connectivity index (χ4n) is 2.28. The average Bonchev–Trinajstić information content (AvgIpc) is 2.53. The van der Waals surface area contributed by atoms with Crippen molar-refractivity contribution < 1.29 is 26.4 Å². The SMILES string of the molecule is CC(OCCOc1ccccc1)[N+](C)(C)Cc1ccccc1.[Cl-]. The van der Waals surface area contributed by atoms with Crippen molar-refractivity contribution in [1.29, 1.82) is 0 Å². The van der Waals surface area contributed by atoms with E-state index in [1.54, 1.807) is 0 Å². The molecule has 0 heterocycles. The van der Waals surface area contributed by atoms with Crippen LogP contribution in [0.3, 0.4) is 0 Å². The summed E-state index contributed by atoms with van der Waals surface area (Å²) >= 11 is 0. The second kappa shape index (κ2) is 9.56. The fourth-order valence-corrected chi connectivity index (χ4v) is 2.28. The number of nitrogens with zero attached hydrogens (tertiary/aromatic N) is 1. The number of benzene rings is 2. The zero-order chi connectivity index (χ0) is 15.8. The van der Waals surface area contributed by atoms with Crippen molar-refractivity contribution in [2.24, 2.45) is 0 Å². The minimum absolute atomic E-state index is 0. The standard InChI is InChI=1S/C19H26NO2.ClH/c1-17(20(2,3)16-18-10-6-4-7-11-18)21-14-15-22-19-12-8-5-9-13-19;/h4-13,17H,14-16H2,1-3H3;1H/q+1;/p-1. The molecule has 0 bridgehead atoms. The van der Waals surface area contributed by atoms with Gasteiger partial charge >= 0.3 is 0 Å². The molecule has 3 nitrogen and oxygen atoms in total. The molecule has 4 heteroatoms. The molecule has 1 atom stereocenters. The number of para-hydroxylation sites is 1. The molecule has 2 rings (SSSR count). The molecule has 0 aliphatic carbocycles. The summed E-state index contributed by atoms with van der Waals surface area (Å²) in [4.78, 5) is 0. The molecule has 0 spiro atoms. The number of hydrogen-bond acceptors (Lipinski definition) is 2. The largest absolute Gasteiger partial charge is 1.00 e. The van der Waals surface area contributed by atoms with Crippen molar-refractivity contribution in [3.05, 3.63) is 66.2 Å². The second-order valence-corrected chi connectivity index (χ2v) is 6.05. The molecule has 0 aliphatic rings. The van der Waals surface area contributed by atoms with Gasteiger partial charge in [-0.25, -0.2) is 0 Å². The number of quaternary nitrogens is 1.